The number of anilines is 1. The number of hydroxylamine groups is 1. The second-order valence-electron chi connectivity index (χ2n) is 5.20. The van der Waals surface area contributed by atoms with Crippen molar-refractivity contribution in [3.63, 3.8) is 0 Å². The highest BCUT2D eigenvalue weighted by Gasteiger charge is 2.22. The SMILES string of the molecule is CC(C)c1ccccc1N(O)C(C)(C)C. The van der Waals surface area contributed by atoms with Gasteiger partial charge in [0.25, 0.3) is 0 Å². The summed E-state index contributed by atoms with van der Waals surface area (Å²) in [5.41, 5.74) is 1.81. The van der Waals surface area contributed by atoms with Crippen molar-refractivity contribution in [1.29, 1.82) is 0 Å². The van der Waals surface area contributed by atoms with Crippen molar-refractivity contribution in [2.75, 3.05) is 5.06 Å². The zero-order chi connectivity index (χ0) is 11.6. The van der Waals surface area contributed by atoms with Gasteiger partial charge < -0.3 is 0 Å². The Hall–Kier alpha value is -1.02. The van der Waals surface area contributed by atoms with E-state index in [9.17, 15) is 5.21 Å². The highest BCUT2D eigenvalue weighted by Crippen LogP contribution is 2.30. The van der Waals surface area contributed by atoms with Crippen molar-refractivity contribution < 1.29 is 5.21 Å². The van der Waals surface area contributed by atoms with Gasteiger partial charge in [0.2, 0.25) is 0 Å². The van der Waals surface area contributed by atoms with E-state index in [0.717, 1.165) is 5.69 Å². The van der Waals surface area contributed by atoms with Gasteiger partial charge in [0.05, 0.1) is 11.2 Å². The maximum Gasteiger partial charge on any atom is 0.0674 e. The first-order chi connectivity index (χ1) is 6.84. The summed E-state index contributed by atoms with van der Waals surface area (Å²) in [4.78, 5) is 0. The molecule has 0 saturated carbocycles. The molecule has 0 bridgehead atoms. The van der Waals surface area contributed by atoms with Crippen LogP contribution in [0, 0.1) is 0 Å². The molecule has 1 N–H and O–H groups in total. The van der Waals surface area contributed by atoms with Gasteiger partial charge in [0.1, 0.15) is 0 Å². The summed E-state index contributed by atoms with van der Waals surface area (Å²) >= 11 is 0. The maximum atomic E-state index is 10.1. The Morgan fingerprint density at radius 1 is 1.13 bits per heavy atom. The topological polar surface area (TPSA) is 23.5 Å². The van der Waals surface area contributed by atoms with E-state index in [1.165, 1.54) is 10.6 Å². The lowest BCUT2D eigenvalue weighted by Gasteiger charge is -2.33. The molecule has 0 fully saturated rings. The Morgan fingerprint density at radius 2 is 1.67 bits per heavy atom. The molecule has 84 valence electrons. The van der Waals surface area contributed by atoms with E-state index in [-0.39, 0.29) is 5.54 Å². The normalized spacial score (nSPS) is 11.9. The molecule has 15 heavy (non-hydrogen) atoms. The molecule has 0 saturated heterocycles. The molecule has 1 rings (SSSR count). The largest absolute Gasteiger partial charge is 0.288 e. The number of para-hydroxylation sites is 1. The van der Waals surface area contributed by atoms with E-state index < -0.39 is 0 Å². The highest BCUT2D eigenvalue weighted by atomic mass is 16.5. The van der Waals surface area contributed by atoms with Gasteiger partial charge >= 0.3 is 0 Å². The molecule has 2 heteroatoms. The Bertz CT molecular complexity index is 326. The second-order valence-corrected chi connectivity index (χ2v) is 5.20. The Kier molecular flexibility index (Phi) is 3.40. The first-order valence-corrected chi connectivity index (χ1v) is 5.42. The molecule has 0 atom stereocenters. The van der Waals surface area contributed by atoms with Gasteiger partial charge in [0, 0.05) is 0 Å². The summed E-state index contributed by atoms with van der Waals surface area (Å²) in [6.07, 6.45) is 0. The molecular weight excluding hydrogens is 186 g/mol. The summed E-state index contributed by atoms with van der Waals surface area (Å²) in [5, 5.41) is 11.5. The molecular formula is C13H21NO. The van der Waals surface area contributed by atoms with Crippen LogP contribution < -0.4 is 5.06 Å². The first-order valence-electron chi connectivity index (χ1n) is 5.42. The van der Waals surface area contributed by atoms with Gasteiger partial charge in [-0.1, -0.05) is 32.0 Å². The summed E-state index contributed by atoms with van der Waals surface area (Å²) in [6, 6.07) is 7.99. The van der Waals surface area contributed by atoms with Crippen molar-refractivity contribution in [1.82, 2.24) is 0 Å². The lowest BCUT2D eigenvalue weighted by atomic mass is 9.99. The van der Waals surface area contributed by atoms with E-state index in [1.807, 2.05) is 39.0 Å². The zero-order valence-corrected chi connectivity index (χ0v) is 10.3. The minimum absolute atomic E-state index is 0.273. The molecule has 2 nitrogen and oxygen atoms in total. The van der Waals surface area contributed by atoms with Crippen molar-refractivity contribution >= 4 is 5.69 Å². The van der Waals surface area contributed by atoms with Crippen LogP contribution in [0.25, 0.3) is 0 Å². The van der Waals surface area contributed by atoms with Crippen molar-refractivity contribution in [2.45, 2.75) is 46.1 Å². The minimum atomic E-state index is -0.273. The fourth-order valence-corrected chi connectivity index (χ4v) is 1.53. The molecule has 0 heterocycles. The number of benzene rings is 1. The third-order valence-electron chi connectivity index (χ3n) is 2.42. The molecule has 0 unspecified atom stereocenters. The fraction of sp³-hybridized carbons (Fsp3) is 0.538. The number of hydrogen-bond donors (Lipinski definition) is 1. The third-order valence-corrected chi connectivity index (χ3v) is 2.42. The lowest BCUT2D eigenvalue weighted by Crippen LogP contribution is -2.39. The molecule has 1 aromatic carbocycles. The van der Waals surface area contributed by atoms with Crippen LogP contribution in [-0.2, 0) is 0 Å². The van der Waals surface area contributed by atoms with Crippen LogP contribution in [0.5, 0.6) is 0 Å². The fourth-order valence-electron chi connectivity index (χ4n) is 1.53. The van der Waals surface area contributed by atoms with E-state index in [4.69, 9.17) is 0 Å². The monoisotopic (exact) mass is 207 g/mol. The lowest BCUT2D eigenvalue weighted by molar-refractivity contribution is 0.180. The highest BCUT2D eigenvalue weighted by molar-refractivity contribution is 5.54. The van der Waals surface area contributed by atoms with Gasteiger partial charge in [-0.25, -0.2) is 0 Å². The second kappa shape index (κ2) is 4.23. The molecule has 1 aromatic rings. The standard InChI is InChI=1S/C13H21NO/c1-10(2)11-8-6-7-9-12(11)14(15)13(3,4)5/h6-10,15H,1-5H3. The Labute approximate surface area is 92.5 Å². The minimum Gasteiger partial charge on any atom is -0.288 e. The molecule has 0 aliphatic rings. The molecule has 0 amide bonds. The summed E-state index contributed by atoms with van der Waals surface area (Å²) in [6.45, 7) is 10.2. The first kappa shape index (κ1) is 12.1. The summed E-state index contributed by atoms with van der Waals surface area (Å²) in [7, 11) is 0. The molecule has 0 radical (unpaired) electrons. The quantitative estimate of drug-likeness (QED) is 0.745. The number of nitrogens with zero attached hydrogens (tertiary/aromatic N) is 1. The summed E-state index contributed by atoms with van der Waals surface area (Å²) < 4.78 is 0. The number of hydrogen-bond acceptors (Lipinski definition) is 2. The smallest absolute Gasteiger partial charge is 0.0674 e. The molecule has 0 aromatic heterocycles. The van der Waals surface area contributed by atoms with Crippen molar-refractivity contribution in [2.24, 2.45) is 0 Å². The van der Waals surface area contributed by atoms with Gasteiger partial charge in [-0.3, -0.25) is 10.3 Å². The van der Waals surface area contributed by atoms with Crippen LogP contribution in [0.3, 0.4) is 0 Å². The molecule has 0 aliphatic carbocycles. The molecule has 0 spiro atoms. The predicted molar refractivity (Wildman–Crippen MR) is 64.5 cm³/mol. The Morgan fingerprint density at radius 3 is 2.13 bits per heavy atom. The summed E-state index contributed by atoms with van der Waals surface area (Å²) in [5.74, 6) is 0.415. The average molecular weight is 207 g/mol. The van der Waals surface area contributed by atoms with Crippen LogP contribution in [0.15, 0.2) is 24.3 Å². The number of rotatable bonds is 2. The van der Waals surface area contributed by atoms with Crippen LogP contribution in [0.1, 0.15) is 46.1 Å². The van der Waals surface area contributed by atoms with Gasteiger partial charge in [0.15, 0.2) is 0 Å². The van der Waals surface area contributed by atoms with E-state index in [0.29, 0.717) is 5.92 Å². The third kappa shape index (κ3) is 2.72. The van der Waals surface area contributed by atoms with Crippen LogP contribution in [0.2, 0.25) is 0 Å². The van der Waals surface area contributed by atoms with Crippen LogP contribution in [0.4, 0.5) is 5.69 Å². The van der Waals surface area contributed by atoms with Crippen molar-refractivity contribution in [3.8, 4) is 0 Å². The molecule has 0 aliphatic heterocycles. The average Bonchev–Trinajstić information content (AvgIpc) is 2.15. The zero-order valence-electron chi connectivity index (χ0n) is 10.3. The van der Waals surface area contributed by atoms with Gasteiger partial charge in [-0.15, -0.1) is 0 Å². The van der Waals surface area contributed by atoms with Gasteiger partial charge in [-0.2, -0.15) is 0 Å². The van der Waals surface area contributed by atoms with E-state index in [1.54, 1.807) is 0 Å². The predicted octanol–water partition coefficient (Wildman–Crippen LogP) is 3.80. The van der Waals surface area contributed by atoms with E-state index in [2.05, 4.69) is 19.9 Å². The van der Waals surface area contributed by atoms with Gasteiger partial charge in [-0.05, 0) is 38.3 Å². The Balaban J connectivity index is 3.14. The van der Waals surface area contributed by atoms with Crippen LogP contribution in [-0.4, -0.2) is 10.7 Å². The van der Waals surface area contributed by atoms with Crippen LogP contribution >= 0.6 is 0 Å². The van der Waals surface area contributed by atoms with Crippen molar-refractivity contribution in [3.05, 3.63) is 29.8 Å². The van der Waals surface area contributed by atoms with E-state index >= 15 is 0 Å². The maximum absolute atomic E-state index is 10.1.